The Morgan fingerprint density at radius 1 is 1.12 bits per heavy atom. The van der Waals surface area contributed by atoms with Crippen molar-refractivity contribution < 1.29 is 14.3 Å². The summed E-state index contributed by atoms with van der Waals surface area (Å²) in [6, 6.07) is 3.96. The van der Waals surface area contributed by atoms with Gasteiger partial charge in [0.2, 0.25) is 0 Å². The molecule has 32 heavy (non-hydrogen) atoms. The van der Waals surface area contributed by atoms with Gasteiger partial charge in [-0.05, 0) is 46.8 Å². The van der Waals surface area contributed by atoms with Crippen molar-refractivity contribution in [2.75, 3.05) is 12.4 Å². The molecule has 0 aliphatic heterocycles. The van der Waals surface area contributed by atoms with Crippen LogP contribution < -0.4 is 5.32 Å². The topological polar surface area (TPSA) is 99.0 Å². The summed E-state index contributed by atoms with van der Waals surface area (Å²) in [5.74, 6) is -0.813. The van der Waals surface area contributed by atoms with E-state index in [1.807, 2.05) is 25.5 Å². The van der Waals surface area contributed by atoms with Crippen LogP contribution in [-0.4, -0.2) is 38.7 Å². The first-order valence-corrected chi connectivity index (χ1v) is 11.7. The number of aromatic nitrogens is 4. The lowest BCUT2D eigenvalue weighted by Crippen LogP contribution is -2.13. The summed E-state index contributed by atoms with van der Waals surface area (Å²) in [7, 11) is 1.31. The molecule has 10 heteroatoms. The highest BCUT2D eigenvalue weighted by atomic mass is 32.1. The minimum atomic E-state index is -0.476. The number of thiazole rings is 1. The molecule has 4 rings (SSSR count). The molecule has 0 saturated carbocycles. The molecule has 0 unspecified atom stereocenters. The Hall–Kier alpha value is -3.11. The number of aryl methyl sites for hydroxylation is 3. The summed E-state index contributed by atoms with van der Waals surface area (Å²) >= 11 is 2.78. The van der Waals surface area contributed by atoms with E-state index in [4.69, 9.17) is 9.72 Å². The predicted molar refractivity (Wildman–Crippen MR) is 127 cm³/mol. The quantitative estimate of drug-likeness (QED) is 0.405. The molecule has 0 aliphatic rings. The van der Waals surface area contributed by atoms with Gasteiger partial charge in [-0.2, -0.15) is 5.10 Å². The number of ether oxygens (including phenoxy) is 1. The fraction of sp³-hybridized carbons (Fsp3) is 0.318. The zero-order chi connectivity index (χ0) is 23.2. The van der Waals surface area contributed by atoms with Crippen LogP contribution in [-0.2, 0) is 4.74 Å². The third kappa shape index (κ3) is 3.91. The van der Waals surface area contributed by atoms with Crippen molar-refractivity contribution in [1.82, 2.24) is 19.7 Å². The van der Waals surface area contributed by atoms with Crippen molar-refractivity contribution in [3.05, 3.63) is 44.2 Å². The molecule has 0 atom stereocenters. The summed E-state index contributed by atoms with van der Waals surface area (Å²) in [6.07, 6.45) is 1.67. The molecule has 1 amide bonds. The first kappa shape index (κ1) is 22.1. The number of amides is 1. The molecule has 1 N–H and O–H groups in total. The number of fused-ring (bicyclic) bond motifs is 1. The first-order chi connectivity index (χ1) is 15.2. The minimum absolute atomic E-state index is 0.0840. The second-order valence-corrected chi connectivity index (χ2v) is 10.1. The molecule has 0 spiro atoms. The van der Waals surface area contributed by atoms with Crippen molar-refractivity contribution in [1.29, 1.82) is 0 Å². The molecule has 0 saturated heterocycles. The van der Waals surface area contributed by atoms with Gasteiger partial charge in [-0.1, -0.05) is 11.3 Å². The molecule has 4 aromatic rings. The average molecular weight is 470 g/mol. The van der Waals surface area contributed by atoms with Crippen molar-refractivity contribution in [2.45, 2.75) is 40.7 Å². The summed E-state index contributed by atoms with van der Waals surface area (Å²) < 4.78 is 6.59. The van der Waals surface area contributed by atoms with Crippen LogP contribution in [0.5, 0.6) is 0 Å². The smallest absolute Gasteiger partial charge is 0.350 e. The number of thiophene rings is 1. The van der Waals surface area contributed by atoms with E-state index in [2.05, 4.69) is 28.4 Å². The van der Waals surface area contributed by atoms with Crippen LogP contribution in [0.4, 0.5) is 5.13 Å². The standard InChI is InChI=1S/C22H23N5O3S2/c1-10(2)27-19-16(9-23-27)15(8-17(25-19)14-7-11(3)31-13(14)5)20(28)26-22-24-12(4)18(32-22)21(29)30-6/h7-10H,1-6H3,(H,24,26,28). The summed E-state index contributed by atoms with van der Waals surface area (Å²) in [5, 5.41) is 8.28. The van der Waals surface area contributed by atoms with E-state index in [0.717, 1.165) is 27.5 Å². The van der Waals surface area contributed by atoms with Gasteiger partial charge < -0.3 is 4.74 Å². The maximum Gasteiger partial charge on any atom is 0.350 e. The number of carbonyl (C=O) groups is 2. The van der Waals surface area contributed by atoms with Gasteiger partial charge in [0.25, 0.3) is 5.91 Å². The van der Waals surface area contributed by atoms with Crippen LogP contribution in [0.25, 0.3) is 22.3 Å². The Kier molecular flexibility index (Phi) is 5.83. The molecule has 8 nitrogen and oxygen atoms in total. The van der Waals surface area contributed by atoms with Crippen molar-refractivity contribution in [3.8, 4) is 11.3 Å². The predicted octanol–water partition coefficient (Wildman–Crippen LogP) is 5.16. The average Bonchev–Trinajstić information content (AvgIpc) is 3.42. The number of anilines is 1. The second-order valence-electron chi connectivity index (χ2n) is 7.68. The number of esters is 1. The van der Waals surface area contributed by atoms with Crippen molar-refractivity contribution >= 4 is 50.7 Å². The Labute approximate surface area is 193 Å². The summed E-state index contributed by atoms with van der Waals surface area (Å²) in [6.45, 7) is 9.84. The number of nitrogens with zero attached hydrogens (tertiary/aromatic N) is 4. The van der Waals surface area contributed by atoms with Gasteiger partial charge in [0.1, 0.15) is 4.88 Å². The second kappa shape index (κ2) is 8.44. The SMILES string of the molecule is COC(=O)c1sc(NC(=O)c2cc(-c3cc(C)sc3C)nc3c2cnn3C(C)C)nc1C. The normalized spacial score (nSPS) is 11.3. The number of rotatable bonds is 5. The molecule has 4 heterocycles. The van der Waals surface area contributed by atoms with Crippen LogP contribution in [0, 0.1) is 20.8 Å². The van der Waals surface area contributed by atoms with Gasteiger partial charge in [0.05, 0.1) is 35.6 Å². The van der Waals surface area contributed by atoms with E-state index in [1.165, 1.54) is 12.0 Å². The third-order valence-corrected chi connectivity index (χ3v) is 7.02. The molecule has 4 aromatic heterocycles. The monoisotopic (exact) mass is 469 g/mol. The minimum Gasteiger partial charge on any atom is -0.465 e. The molecular weight excluding hydrogens is 446 g/mol. The van der Waals surface area contributed by atoms with Gasteiger partial charge in [0.15, 0.2) is 10.8 Å². The number of methoxy groups -OCH3 is 1. The Bertz CT molecular complexity index is 1350. The molecule has 0 aliphatic carbocycles. The number of nitrogens with one attached hydrogen (secondary N) is 1. The van der Waals surface area contributed by atoms with Crippen LogP contribution >= 0.6 is 22.7 Å². The van der Waals surface area contributed by atoms with Gasteiger partial charge in [-0.25, -0.2) is 19.4 Å². The van der Waals surface area contributed by atoms with E-state index in [-0.39, 0.29) is 11.9 Å². The van der Waals surface area contributed by atoms with Gasteiger partial charge in [0, 0.05) is 21.4 Å². The Balaban J connectivity index is 1.81. The Morgan fingerprint density at radius 3 is 2.50 bits per heavy atom. The van der Waals surface area contributed by atoms with Gasteiger partial charge >= 0.3 is 5.97 Å². The number of hydrogen-bond donors (Lipinski definition) is 1. The van der Waals surface area contributed by atoms with Gasteiger partial charge in [-0.15, -0.1) is 11.3 Å². The van der Waals surface area contributed by atoms with Crippen LogP contribution in [0.3, 0.4) is 0 Å². The lowest BCUT2D eigenvalue weighted by atomic mass is 10.1. The summed E-state index contributed by atoms with van der Waals surface area (Å²) in [5.41, 5.74) is 3.33. The third-order valence-electron chi connectivity index (χ3n) is 5.01. The van der Waals surface area contributed by atoms with E-state index in [1.54, 1.807) is 30.5 Å². The molecule has 0 fully saturated rings. The first-order valence-electron chi connectivity index (χ1n) is 10.0. The zero-order valence-corrected chi connectivity index (χ0v) is 20.3. The number of pyridine rings is 1. The maximum atomic E-state index is 13.3. The largest absolute Gasteiger partial charge is 0.465 e. The van der Waals surface area contributed by atoms with E-state index in [0.29, 0.717) is 32.3 Å². The molecule has 0 bridgehead atoms. The van der Waals surface area contributed by atoms with Crippen LogP contribution in [0.15, 0.2) is 18.3 Å². The van der Waals surface area contributed by atoms with E-state index >= 15 is 0 Å². The van der Waals surface area contributed by atoms with Crippen molar-refractivity contribution in [3.63, 3.8) is 0 Å². The maximum absolute atomic E-state index is 13.3. The zero-order valence-electron chi connectivity index (χ0n) is 18.6. The lowest BCUT2D eigenvalue weighted by molar-refractivity contribution is 0.0605. The van der Waals surface area contributed by atoms with Gasteiger partial charge in [-0.3, -0.25) is 10.1 Å². The highest BCUT2D eigenvalue weighted by Crippen LogP contribution is 2.33. The van der Waals surface area contributed by atoms with E-state index < -0.39 is 5.97 Å². The molecular formula is C22H23N5O3S2. The Morgan fingerprint density at radius 2 is 1.88 bits per heavy atom. The molecule has 0 aromatic carbocycles. The number of carbonyl (C=O) groups excluding carboxylic acids is 2. The number of hydrogen-bond acceptors (Lipinski definition) is 8. The van der Waals surface area contributed by atoms with Crippen molar-refractivity contribution in [2.24, 2.45) is 0 Å². The van der Waals surface area contributed by atoms with Crippen LogP contribution in [0.2, 0.25) is 0 Å². The molecule has 166 valence electrons. The lowest BCUT2D eigenvalue weighted by Gasteiger charge is -2.10. The summed E-state index contributed by atoms with van der Waals surface area (Å²) in [4.78, 5) is 37.1. The van der Waals surface area contributed by atoms with E-state index in [9.17, 15) is 9.59 Å². The van der Waals surface area contributed by atoms with Crippen LogP contribution in [0.1, 0.15) is 55.4 Å². The highest BCUT2D eigenvalue weighted by molar-refractivity contribution is 7.17. The fourth-order valence-electron chi connectivity index (χ4n) is 3.50. The molecule has 0 radical (unpaired) electrons. The highest BCUT2D eigenvalue weighted by Gasteiger charge is 2.22. The fourth-order valence-corrected chi connectivity index (χ4v) is 5.32.